The summed E-state index contributed by atoms with van der Waals surface area (Å²) in [5.74, 6) is 4.88. The smallest absolute Gasteiger partial charge is 0.149 e. The molecular weight excluding hydrogens is 395 g/mol. The van der Waals surface area contributed by atoms with E-state index in [1.54, 1.807) is 0 Å². The average molecular weight is 420 g/mol. The Balaban J connectivity index is 2.37. The number of hydrogen-bond acceptors (Lipinski definition) is 5. The molecule has 1 aliphatic heterocycles. The van der Waals surface area contributed by atoms with Gasteiger partial charge in [-0.3, -0.25) is 4.90 Å². The van der Waals surface area contributed by atoms with Crippen molar-refractivity contribution < 1.29 is 0 Å². The molecule has 0 spiro atoms. The van der Waals surface area contributed by atoms with Crippen LogP contribution in [0.4, 0.5) is 5.82 Å². The minimum absolute atomic E-state index is 0.337. The van der Waals surface area contributed by atoms with Crippen LogP contribution in [-0.4, -0.2) is 46.5 Å². The van der Waals surface area contributed by atoms with Crippen molar-refractivity contribution in [3.05, 3.63) is 15.1 Å². The first-order valence-corrected chi connectivity index (χ1v) is 9.84. The lowest BCUT2D eigenvalue weighted by molar-refractivity contribution is 0.264. The van der Waals surface area contributed by atoms with Crippen molar-refractivity contribution in [2.75, 3.05) is 37.0 Å². The van der Waals surface area contributed by atoms with E-state index in [4.69, 9.17) is 9.97 Å². The van der Waals surface area contributed by atoms with Crippen molar-refractivity contribution in [2.24, 2.45) is 5.92 Å². The molecule has 1 unspecified atom stereocenters. The van der Waals surface area contributed by atoms with E-state index in [2.05, 4.69) is 60.6 Å². The van der Waals surface area contributed by atoms with Gasteiger partial charge in [0.05, 0.1) is 15.3 Å². The van der Waals surface area contributed by atoms with Gasteiger partial charge in [0.25, 0.3) is 0 Å². The lowest BCUT2D eigenvalue weighted by atomic mass is 10.1. The summed E-state index contributed by atoms with van der Waals surface area (Å²) in [5.41, 5.74) is 1.19. The molecule has 6 heteroatoms. The van der Waals surface area contributed by atoms with Crippen molar-refractivity contribution in [3.63, 3.8) is 0 Å². The minimum Gasteiger partial charge on any atom is -0.369 e. The highest BCUT2D eigenvalue weighted by Gasteiger charge is 2.25. The first kappa shape index (κ1) is 17.3. The van der Waals surface area contributed by atoms with Gasteiger partial charge in [0.2, 0.25) is 0 Å². The highest BCUT2D eigenvalue weighted by molar-refractivity contribution is 14.1. The van der Waals surface area contributed by atoms with E-state index < -0.39 is 0 Å². The zero-order chi connectivity index (χ0) is 15.4. The maximum Gasteiger partial charge on any atom is 0.149 e. The molecule has 1 saturated heterocycles. The van der Waals surface area contributed by atoms with E-state index in [1.807, 2.05) is 11.8 Å². The SMILES string of the molecule is CCNc1nc(C2CSCCN2C)nc(CC(C)C)c1I. The Hall–Kier alpha value is -0.0800. The van der Waals surface area contributed by atoms with Gasteiger partial charge >= 0.3 is 0 Å². The van der Waals surface area contributed by atoms with Gasteiger partial charge in [-0.2, -0.15) is 11.8 Å². The van der Waals surface area contributed by atoms with Crippen LogP contribution in [0.1, 0.15) is 38.3 Å². The van der Waals surface area contributed by atoms with E-state index in [0.29, 0.717) is 12.0 Å². The summed E-state index contributed by atoms with van der Waals surface area (Å²) < 4.78 is 1.18. The standard InChI is InChI=1S/C15H25IN4S/c1-5-17-15-13(16)11(8-10(2)3)18-14(19-15)12-9-21-7-6-20(12)4/h10,12H,5-9H2,1-4H3,(H,17,18,19). The van der Waals surface area contributed by atoms with Gasteiger partial charge in [-0.15, -0.1) is 0 Å². The molecule has 0 bridgehead atoms. The third-order valence-corrected chi connectivity index (χ3v) is 5.73. The fraction of sp³-hybridized carbons (Fsp3) is 0.733. The summed E-state index contributed by atoms with van der Waals surface area (Å²) in [6, 6.07) is 0.337. The summed E-state index contributed by atoms with van der Waals surface area (Å²) in [6.45, 7) is 8.60. The lowest BCUT2D eigenvalue weighted by Crippen LogP contribution is -2.34. The summed E-state index contributed by atoms with van der Waals surface area (Å²) in [4.78, 5) is 12.1. The highest BCUT2D eigenvalue weighted by atomic mass is 127. The number of nitrogens with zero attached hydrogens (tertiary/aromatic N) is 3. The number of hydrogen-bond donors (Lipinski definition) is 1. The Bertz CT molecular complexity index is 481. The molecule has 1 aromatic heterocycles. The number of thioether (sulfide) groups is 1. The summed E-state index contributed by atoms with van der Waals surface area (Å²) in [5, 5.41) is 3.40. The molecule has 0 saturated carbocycles. The molecule has 0 aliphatic carbocycles. The van der Waals surface area contributed by atoms with Gasteiger partial charge < -0.3 is 5.32 Å². The Kier molecular flexibility index (Phi) is 6.55. The maximum atomic E-state index is 4.92. The minimum atomic E-state index is 0.337. The molecular formula is C15H25IN4S. The largest absolute Gasteiger partial charge is 0.369 e. The van der Waals surface area contributed by atoms with Gasteiger partial charge in [-0.05, 0) is 48.9 Å². The molecule has 1 aliphatic rings. The van der Waals surface area contributed by atoms with Gasteiger partial charge in [-0.25, -0.2) is 9.97 Å². The van der Waals surface area contributed by atoms with Gasteiger partial charge in [0.1, 0.15) is 11.6 Å². The fourth-order valence-electron chi connectivity index (χ4n) is 2.43. The zero-order valence-electron chi connectivity index (χ0n) is 13.3. The second-order valence-corrected chi connectivity index (χ2v) is 8.12. The van der Waals surface area contributed by atoms with E-state index >= 15 is 0 Å². The second-order valence-electron chi connectivity index (χ2n) is 5.89. The van der Waals surface area contributed by atoms with Gasteiger partial charge in [-0.1, -0.05) is 13.8 Å². The van der Waals surface area contributed by atoms with Crippen LogP contribution in [0, 0.1) is 9.49 Å². The van der Waals surface area contributed by atoms with Crippen LogP contribution >= 0.6 is 34.4 Å². The van der Waals surface area contributed by atoms with Crippen LogP contribution in [0.2, 0.25) is 0 Å². The maximum absolute atomic E-state index is 4.92. The second kappa shape index (κ2) is 7.97. The van der Waals surface area contributed by atoms with Crippen LogP contribution in [0.15, 0.2) is 0 Å². The molecule has 118 valence electrons. The van der Waals surface area contributed by atoms with Gasteiger partial charge in [0.15, 0.2) is 0 Å². The lowest BCUT2D eigenvalue weighted by Gasteiger charge is -2.31. The number of aromatic nitrogens is 2. The molecule has 2 rings (SSSR count). The van der Waals surface area contributed by atoms with Crippen LogP contribution < -0.4 is 5.32 Å². The Morgan fingerprint density at radius 3 is 2.81 bits per heavy atom. The van der Waals surface area contributed by atoms with Crippen molar-refractivity contribution in [3.8, 4) is 0 Å². The monoisotopic (exact) mass is 420 g/mol. The number of rotatable bonds is 5. The third-order valence-electron chi connectivity index (χ3n) is 3.58. The van der Waals surface area contributed by atoms with Gasteiger partial charge in [0, 0.05) is 24.6 Å². The topological polar surface area (TPSA) is 41.1 Å². The summed E-state index contributed by atoms with van der Waals surface area (Å²) in [7, 11) is 2.18. The van der Waals surface area contributed by atoms with Crippen molar-refractivity contribution in [2.45, 2.75) is 33.2 Å². The molecule has 4 nitrogen and oxygen atoms in total. The van der Waals surface area contributed by atoms with E-state index in [-0.39, 0.29) is 0 Å². The number of nitrogens with one attached hydrogen (secondary N) is 1. The molecule has 1 N–H and O–H groups in total. The molecule has 1 atom stereocenters. The van der Waals surface area contributed by atoms with Crippen LogP contribution in [0.3, 0.4) is 0 Å². The normalized spacial score (nSPS) is 20.0. The number of halogens is 1. The summed E-state index contributed by atoms with van der Waals surface area (Å²) >= 11 is 4.38. The molecule has 21 heavy (non-hydrogen) atoms. The van der Waals surface area contributed by atoms with Crippen molar-refractivity contribution in [1.29, 1.82) is 0 Å². The molecule has 1 aromatic rings. The van der Waals surface area contributed by atoms with Crippen molar-refractivity contribution >= 4 is 40.2 Å². The molecule has 0 aromatic carbocycles. The van der Waals surface area contributed by atoms with E-state index in [1.165, 1.54) is 15.0 Å². The summed E-state index contributed by atoms with van der Waals surface area (Å²) in [6.07, 6.45) is 1.01. The first-order valence-electron chi connectivity index (χ1n) is 7.61. The Labute approximate surface area is 146 Å². The van der Waals surface area contributed by atoms with Crippen LogP contribution in [-0.2, 0) is 6.42 Å². The third kappa shape index (κ3) is 4.45. The highest BCUT2D eigenvalue weighted by Crippen LogP contribution is 2.29. The van der Waals surface area contributed by atoms with Crippen molar-refractivity contribution in [1.82, 2.24) is 14.9 Å². The van der Waals surface area contributed by atoms with Crippen LogP contribution in [0.5, 0.6) is 0 Å². The Morgan fingerprint density at radius 1 is 1.43 bits per heavy atom. The zero-order valence-corrected chi connectivity index (χ0v) is 16.3. The number of anilines is 1. The molecule has 0 amide bonds. The molecule has 2 heterocycles. The molecule has 1 fully saturated rings. The predicted octanol–water partition coefficient (Wildman–Crippen LogP) is 3.43. The van der Waals surface area contributed by atoms with E-state index in [9.17, 15) is 0 Å². The Morgan fingerprint density at radius 2 is 2.19 bits per heavy atom. The van der Waals surface area contributed by atoms with Crippen LogP contribution in [0.25, 0.3) is 0 Å². The quantitative estimate of drug-likeness (QED) is 0.740. The van der Waals surface area contributed by atoms with E-state index in [0.717, 1.165) is 36.9 Å². The molecule has 0 radical (unpaired) electrons. The predicted molar refractivity (Wildman–Crippen MR) is 100 cm³/mol. The fourth-order valence-corrected chi connectivity index (χ4v) is 4.29. The first-order chi connectivity index (χ1) is 10.0. The average Bonchev–Trinajstić information content (AvgIpc) is 2.43.